The monoisotopic (exact) mass is 538 g/mol. The molecule has 2 unspecified atom stereocenters. The fourth-order valence-electron chi connectivity index (χ4n) is 5.48. The quantitative estimate of drug-likeness (QED) is 0.414. The van der Waals surface area contributed by atoms with Gasteiger partial charge >= 0.3 is 0 Å². The number of fused-ring (bicyclic) bond motifs is 7. The Morgan fingerprint density at radius 1 is 0.742 bits per heavy atom. The van der Waals surface area contributed by atoms with Gasteiger partial charge in [0.05, 0.1) is 5.69 Å². The van der Waals surface area contributed by atoms with Crippen LogP contribution in [0, 0.1) is 0 Å². The minimum atomic E-state index is -1.54. The van der Waals surface area contributed by atoms with Crippen molar-refractivity contribution in [2.45, 2.75) is 11.0 Å². The van der Waals surface area contributed by atoms with Crippen molar-refractivity contribution in [3.05, 3.63) is 86.3 Å². The molecule has 0 fully saturated rings. The Hall–Kier alpha value is -2.64. The molecule has 3 heterocycles. The number of carbonyl (C=O) groups excluding carboxylic acids is 2. The number of halogens is 2. The van der Waals surface area contributed by atoms with Crippen LogP contribution in [0.25, 0.3) is 0 Å². The second-order valence-electron chi connectivity index (χ2n) is 8.08. The average Bonchev–Trinajstić information content (AvgIpc) is 3.27. The number of anilines is 2. The molecule has 7 heteroatoms. The van der Waals surface area contributed by atoms with Crippen molar-refractivity contribution in [3.63, 3.8) is 0 Å². The average molecular weight is 540 g/mol. The number of likely N-dealkylation sites (N-methyl/N-ethyl adjacent to an activating group) is 2. The summed E-state index contributed by atoms with van der Waals surface area (Å²) in [6, 6.07) is 18.9. The molecular weight excluding hydrogens is 524 g/mol. The molecule has 31 heavy (non-hydrogen) atoms. The number of hydrogen-bond acceptors (Lipinski definition) is 3. The van der Waals surface area contributed by atoms with Crippen molar-refractivity contribution in [1.82, 2.24) is 0 Å². The standard InChI is InChI=1S/C24H16Br2N2O3/c1-27-18-9-7-13(25)11-16(18)23(21(27)29)15-5-3-4-6-20(15)31-24(23)17-12-14(26)8-10-19(17)28(2)22(24)30/h3-12H,1-2H3. The molecule has 5 nitrogen and oxygen atoms in total. The summed E-state index contributed by atoms with van der Waals surface area (Å²) in [7, 11) is 3.48. The van der Waals surface area contributed by atoms with E-state index in [2.05, 4.69) is 31.9 Å². The van der Waals surface area contributed by atoms with Gasteiger partial charge in [-0.05, 0) is 42.5 Å². The van der Waals surface area contributed by atoms with Gasteiger partial charge in [-0.15, -0.1) is 0 Å². The molecule has 3 aromatic carbocycles. The Morgan fingerprint density at radius 3 is 2.03 bits per heavy atom. The summed E-state index contributed by atoms with van der Waals surface area (Å²) in [5.41, 5.74) is 0.773. The van der Waals surface area contributed by atoms with Gasteiger partial charge in [0.15, 0.2) is 5.41 Å². The molecule has 0 bridgehead atoms. The zero-order valence-corrected chi connectivity index (χ0v) is 19.8. The highest BCUT2D eigenvalue weighted by molar-refractivity contribution is 9.10. The van der Waals surface area contributed by atoms with Crippen LogP contribution >= 0.6 is 31.9 Å². The highest BCUT2D eigenvalue weighted by Crippen LogP contribution is 2.66. The molecule has 0 aromatic heterocycles. The lowest BCUT2D eigenvalue weighted by Crippen LogP contribution is -2.59. The van der Waals surface area contributed by atoms with Crippen LogP contribution in [0.2, 0.25) is 0 Å². The first-order chi connectivity index (χ1) is 14.8. The molecule has 0 saturated heterocycles. The topological polar surface area (TPSA) is 49.9 Å². The van der Waals surface area contributed by atoms with Crippen molar-refractivity contribution < 1.29 is 14.3 Å². The van der Waals surface area contributed by atoms with Gasteiger partial charge < -0.3 is 14.5 Å². The SMILES string of the molecule is CN1C(=O)C2(Oc3ccccc3C23C(=O)N(C)c2ccc(Br)cc23)c2cc(Br)ccc21. The smallest absolute Gasteiger partial charge is 0.277 e. The number of carbonyl (C=O) groups is 2. The van der Waals surface area contributed by atoms with E-state index in [4.69, 9.17) is 4.74 Å². The van der Waals surface area contributed by atoms with Gasteiger partial charge in [-0.1, -0.05) is 50.1 Å². The van der Waals surface area contributed by atoms with Crippen LogP contribution in [0.4, 0.5) is 11.4 Å². The molecule has 6 rings (SSSR count). The molecule has 2 amide bonds. The molecule has 2 spiro atoms. The Morgan fingerprint density at radius 2 is 1.32 bits per heavy atom. The van der Waals surface area contributed by atoms with E-state index in [0.717, 1.165) is 25.9 Å². The number of benzene rings is 3. The predicted molar refractivity (Wildman–Crippen MR) is 125 cm³/mol. The highest BCUT2D eigenvalue weighted by Gasteiger charge is 2.76. The van der Waals surface area contributed by atoms with Gasteiger partial charge in [0, 0.05) is 45.4 Å². The van der Waals surface area contributed by atoms with E-state index in [1.807, 2.05) is 60.7 Å². The zero-order valence-electron chi connectivity index (χ0n) is 16.6. The number of ether oxygens (including phenoxy) is 1. The molecule has 2 atom stereocenters. The normalized spacial score (nSPS) is 25.3. The van der Waals surface area contributed by atoms with E-state index in [0.29, 0.717) is 16.9 Å². The molecule has 3 aliphatic heterocycles. The summed E-state index contributed by atoms with van der Waals surface area (Å²) in [5.74, 6) is 0.109. The van der Waals surface area contributed by atoms with Crippen molar-refractivity contribution >= 4 is 55.0 Å². The summed E-state index contributed by atoms with van der Waals surface area (Å²) in [4.78, 5) is 31.5. The molecule has 3 aliphatic rings. The second-order valence-corrected chi connectivity index (χ2v) is 9.91. The van der Waals surface area contributed by atoms with Gasteiger partial charge in [-0.2, -0.15) is 0 Å². The highest BCUT2D eigenvalue weighted by atomic mass is 79.9. The lowest BCUT2D eigenvalue weighted by Gasteiger charge is -2.37. The van der Waals surface area contributed by atoms with Crippen molar-refractivity contribution in [2.24, 2.45) is 0 Å². The summed E-state index contributed by atoms with van der Waals surface area (Å²) >= 11 is 7.12. The third-order valence-corrected chi connectivity index (χ3v) is 7.72. The van der Waals surface area contributed by atoms with Gasteiger partial charge in [0.1, 0.15) is 5.75 Å². The van der Waals surface area contributed by atoms with Crippen molar-refractivity contribution in [3.8, 4) is 5.75 Å². The van der Waals surface area contributed by atoms with E-state index in [9.17, 15) is 9.59 Å². The fraction of sp³-hybridized carbons (Fsp3) is 0.167. The molecule has 0 radical (unpaired) electrons. The summed E-state index contributed by atoms with van der Waals surface area (Å²) in [5, 5.41) is 0. The van der Waals surface area contributed by atoms with E-state index >= 15 is 0 Å². The van der Waals surface area contributed by atoms with E-state index in [1.54, 1.807) is 23.9 Å². The lowest BCUT2D eigenvalue weighted by atomic mass is 9.63. The zero-order chi connectivity index (χ0) is 21.7. The van der Waals surface area contributed by atoms with Gasteiger partial charge in [0.2, 0.25) is 11.5 Å². The molecule has 0 N–H and O–H groups in total. The molecular formula is C24H16Br2N2O3. The van der Waals surface area contributed by atoms with E-state index in [-0.39, 0.29) is 11.8 Å². The maximum Gasteiger partial charge on any atom is 0.277 e. The predicted octanol–water partition coefficient (Wildman–Crippen LogP) is 4.74. The molecule has 0 saturated carbocycles. The first kappa shape index (κ1) is 19.1. The van der Waals surface area contributed by atoms with Crippen LogP contribution < -0.4 is 14.5 Å². The fourth-order valence-corrected chi connectivity index (χ4v) is 6.20. The third-order valence-electron chi connectivity index (χ3n) is 6.74. The summed E-state index contributed by atoms with van der Waals surface area (Å²) in [6.45, 7) is 0. The van der Waals surface area contributed by atoms with Gasteiger partial charge in [-0.3, -0.25) is 9.59 Å². The van der Waals surface area contributed by atoms with Crippen LogP contribution in [-0.2, 0) is 20.6 Å². The van der Waals surface area contributed by atoms with Crippen LogP contribution in [0.3, 0.4) is 0 Å². The van der Waals surface area contributed by atoms with Gasteiger partial charge in [-0.25, -0.2) is 0 Å². The molecule has 3 aromatic rings. The minimum Gasteiger partial charge on any atom is -0.470 e. The summed E-state index contributed by atoms with van der Waals surface area (Å²) < 4.78 is 8.25. The molecule has 0 aliphatic carbocycles. The van der Waals surface area contributed by atoms with E-state index in [1.165, 1.54) is 0 Å². The van der Waals surface area contributed by atoms with Crippen LogP contribution in [-0.4, -0.2) is 25.9 Å². The third kappa shape index (κ3) is 1.98. The number of amides is 2. The van der Waals surface area contributed by atoms with Crippen molar-refractivity contribution in [2.75, 3.05) is 23.9 Å². The maximum absolute atomic E-state index is 14.2. The largest absolute Gasteiger partial charge is 0.470 e. The molecule has 154 valence electrons. The number of nitrogens with zero attached hydrogens (tertiary/aromatic N) is 2. The van der Waals surface area contributed by atoms with Crippen LogP contribution in [0.5, 0.6) is 5.75 Å². The van der Waals surface area contributed by atoms with Crippen molar-refractivity contribution in [1.29, 1.82) is 0 Å². The maximum atomic E-state index is 14.2. The lowest BCUT2D eigenvalue weighted by molar-refractivity contribution is -0.142. The number of para-hydroxylation sites is 1. The number of rotatable bonds is 0. The van der Waals surface area contributed by atoms with E-state index < -0.39 is 11.0 Å². The Kier molecular flexibility index (Phi) is 3.68. The van der Waals surface area contributed by atoms with Crippen LogP contribution in [0.15, 0.2) is 69.6 Å². The Labute approximate surface area is 195 Å². The Bertz CT molecular complexity index is 1340. The summed E-state index contributed by atoms with van der Waals surface area (Å²) in [6.07, 6.45) is 0. The number of hydrogen-bond donors (Lipinski definition) is 0. The van der Waals surface area contributed by atoms with Gasteiger partial charge in [0.25, 0.3) is 5.91 Å². The minimum absolute atomic E-state index is 0.180. The van der Waals surface area contributed by atoms with Crippen LogP contribution in [0.1, 0.15) is 16.7 Å². The second kappa shape index (κ2) is 5.99. The Balaban J connectivity index is 1.82. The first-order valence-corrected chi connectivity index (χ1v) is 11.4. The first-order valence-electron chi connectivity index (χ1n) is 9.79.